The molecule has 4 aromatic heterocycles. The summed E-state index contributed by atoms with van der Waals surface area (Å²) in [6.45, 7) is 0. The van der Waals surface area contributed by atoms with Crippen molar-refractivity contribution in [1.29, 1.82) is 0 Å². The fourth-order valence-corrected chi connectivity index (χ4v) is 9.00. The molecule has 0 spiro atoms. The van der Waals surface area contributed by atoms with E-state index in [1.54, 1.807) is 6.07 Å². The monoisotopic (exact) mass is 810 g/mol. The minimum absolute atomic E-state index is 0.00718. The molecule has 63 heavy (non-hydrogen) atoms. The number of benzene rings is 9. The van der Waals surface area contributed by atoms with Crippen molar-refractivity contribution in [3.8, 4) is 62.1 Å². The Morgan fingerprint density at radius 2 is 0.905 bits per heavy atom. The molecule has 6 heteroatoms. The van der Waals surface area contributed by atoms with Gasteiger partial charge in [-0.2, -0.15) is 0 Å². The van der Waals surface area contributed by atoms with Crippen molar-refractivity contribution in [3.63, 3.8) is 0 Å². The molecular formula is C57H34N4O2. The molecule has 9 aromatic carbocycles. The van der Waals surface area contributed by atoms with Crippen LogP contribution in [0.5, 0.6) is 0 Å². The lowest BCUT2D eigenvalue weighted by Crippen LogP contribution is -2.01. The summed E-state index contributed by atoms with van der Waals surface area (Å²) < 4.78 is 53.5. The van der Waals surface area contributed by atoms with E-state index in [0.29, 0.717) is 44.8 Å². The van der Waals surface area contributed by atoms with E-state index in [-0.39, 0.29) is 46.9 Å². The third kappa shape index (κ3) is 5.69. The molecule has 0 saturated heterocycles. The van der Waals surface area contributed by atoms with Crippen molar-refractivity contribution < 1.29 is 14.3 Å². The van der Waals surface area contributed by atoms with E-state index in [2.05, 4.69) is 77.4 Å². The topological polar surface area (TPSA) is 69.9 Å². The zero-order valence-corrected chi connectivity index (χ0v) is 33.4. The van der Waals surface area contributed by atoms with Gasteiger partial charge < -0.3 is 13.4 Å². The van der Waals surface area contributed by atoms with Gasteiger partial charge >= 0.3 is 0 Å². The van der Waals surface area contributed by atoms with Crippen LogP contribution >= 0.6 is 0 Å². The van der Waals surface area contributed by atoms with Gasteiger partial charge in [0.05, 0.1) is 22.1 Å². The van der Waals surface area contributed by atoms with Gasteiger partial charge in [0, 0.05) is 54.7 Å². The Labute approximate surface area is 366 Å². The van der Waals surface area contributed by atoms with Gasteiger partial charge in [0.2, 0.25) is 0 Å². The molecule has 0 radical (unpaired) electrons. The van der Waals surface area contributed by atoms with E-state index >= 15 is 0 Å². The van der Waals surface area contributed by atoms with Gasteiger partial charge in [-0.3, -0.25) is 0 Å². The van der Waals surface area contributed by atoms with E-state index in [1.165, 1.54) is 0 Å². The van der Waals surface area contributed by atoms with Crippen LogP contribution in [-0.4, -0.2) is 19.5 Å². The van der Waals surface area contributed by atoms with Crippen LogP contribution in [0.15, 0.2) is 215 Å². The number of hydrogen-bond donors (Lipinski definition) is 0. The average Bonchev–Trinajstić information content (AvgIpc) is 4.06. The van der Waals surface area contributed by atoms with Crippen LogP contribution < -0.4 is 0 Å². The number of hydrogen-bond acceptors (Lipinski definition) is 5. The summed E-state index contributed by atoms with van der Waals surface area (Å²) in [6.07, 6.45) is 0. The lowest BCUT2D eigenvalue weighted by molar-refractivity contribution is 0.669. The van der Waals surface area contributed by atoms with Gasteiger partial charge in [-0.05, 0) is 59.2 Å². The van der Waals surface area contributed by atoms with Crippen LogP contribution in [0.3, 0.4) is 0 Å². The lowest BCUT2D eigenvalue weighted by Gasteiger charge is -2.13. The number of aromatic nitrogens is 4. The van der Waals surface area contributed by atoms with E-state index in [4.69, 9.17) is 23.8 Å². The molecule has 0 saturated carbocycles. The SMILES string of the molecule is [2H]c1c([2H])c(-c2cccc3c2oc2ccccc23)c([2H])c([2H])c1-c1nc(-c2ccccc2)nc(-c2cc(-n3c4ccccc4c4ccccc43)cc3c2oc2cc(-c4ccccc4)ccc23)n1. The molecule has 6 nitrogen and oxygen atoms in total. The quantitative estimate of drug-likeness (QED) is 0.167. The molecule has 0 aliphatic heterocycles. The highest BCUT2D eigenvalue weighted by atomic mass is 16.3. The number of para-hydroxylation sites is 4. The molecule has 0 atom stereocenters. The smallest absolute Gasteiger partial charge is 0.167 e. The second-order valence-corrected chi connectivity index (χ2v) is 15.6. The first-order chi connectivity index (χ1) is 32.9. The van der Waals surface area contributed by atoms with E-state index in [9.17, 15) is 5.48 Å². The minimum atomic E-state index is -0.290. The Morgan fingerprint density at radius 1 is 0.349 bits per heavy atom. The Hall–Kier alpha value is -8.61. The molecular weight excluding hydrogens is 773 g/mol. The van der Waals surface area contributed by atoms with Crippen molar-refractivity contribution in [2.45, 2.75) is 0 Å². The highest BCUT2D eigenvalue weighted by Crippen LogP contribution is 2.42. The van der Waals surface area contributed by atoms with Gasteiger partial charge in [0.1, 0.15) is 22.3 Å². The van der Waals surface area contributed by atoms with Crippen molar-refractivity contribution in [3.05, 3.63) is 206 Å². The molecule has 0 N–H and O–H groups in total. The Morgan fingerprint density at radius 3 is 1.65 bits per heavy atom. The highest BCUT2D eigenvalue weighted by molar-refractivity contribution is 6.13. The predicted octanol–water partition coefficient (Wildman–Crippen LogP) is 15.1. The molecule has 0 unspecified atom stereocenters. The maximum atomic E-state index is 9.56. The maximum absolute atomic E-state index is 9.56. The standard InChI is InChI=1S/C57H34N4O2/c1-3-14-35(15-4-1)39-30-31-45-47-33-40(61-49-23-10-7-18-42(49)43-19-8-11-24-50(43)61)34-48(54(47)63-52(45)32-39)57-59-55(37-16-5-2-6-17-37)58-56(60-57)38-28-26-36(27-29-38)41-21-13-22-46-44-20-9-12-25-51(44)62-53(41)46/h1-34H/i26D,27D,28D,29D. The first kappa shape index (κ1) is 31.3. The molecule has 0 aliphatic rings. The van der Waals surface area contributed by atoms with Crippen molar-refractivity contribution >= 4 is 65.7 Å². The number of fused-ring (bicyclic) bond motifs is 9. The van der Waals surface area contributed by atoms with Crippen LogP contribution in [0, 0.1) is 0 Å². The zero-order chi connectivity index (χ0) is 44.9. The third-order valence-corrected chi connectivity index (χ3v) is 11.9. The summed E-state index contributed by atoms with van der Waals surface area (Å²) in [5.41, 5.74) is 9.14. The summed E-state index contributed by atoms with van der Waals surface area (Å²) in [5.74, 6) is 0.533. The zero-order valence-electron chi connectivity index (χ0n) is 37.4. The molecule has 13 aromatic rings. The van der Waals surface area contributed by atoms with E-state index < -0.39 is 0 Å². The highest BCUT2D eigenvalue weighted by Gasteiger charge is 2.22. The van der Waals surface area contributed by atoms with Gasteiger partial charge in [0.15, 0.2) is 17.5 Å². The van der Waals surface area contributed by atoms with Crippen LogP contribution in [0.4, 0.5) is 0 Å². The maximum Gasteiger partial charge on any atom is 0.167 e. The summed E-state index contributed by atoms with van der Waals surface area (Å²) >= 11 is 0. The van der Waals surface area contributed by atoms with Crippen LogP contribution in [0.1, 0.15) is 5.48 Å². The first-order valence-electron chi connectivity index (χ1n) is 22.8. The van der Waals surface area contributed by atoms with E-state index in [0.717, 1.165) is 60.2 Å². The third-order valence-electron chi connectivity index (χ3n) is 11.9. The first-order valence-corrected chi connectivity index (χ1v) is 20.8. The molecule has 294 valence electrons. The summed E-state index contributed by atoms with van der Waals surface area (Å²) in [6, 6.07) is 59.0. The lowest BCUT2D eigenvalue weighted by atomic mass is 10.0. The Kier molecular flexibility index (Phi) is 6.94. The number of furan rings is 2. The summed E-state index contributed by atoms with van der Waals surface area (Å²) in [7, 11) is 0. The predicted molar refractivity (Wildman–Crippen MR) is 256 cm³/mol. The van der Waals surface area contributed by atoms with Crippen LogP contribution in [0.2, 0.25) is 0 Å². The van der Waals surface area contributed by atoms with Gasteiger partial charge in [0.25, 0.3) is 0 Å². The molecule has 0 aliphatic carbocycles. The second kappa shape index (κ2) is 14.0. The van der Waals surface area contributed by atoms with Gasteiger partial charge in [-0.25, -0.2) is 15.0 Å². The number of nitrogens with zero attached hydrogens (tertiary/aromatic N) is 4. The van der Waals surface area contributed by atoms with Gasteiger partial charge in [-0.1, -0.05) is 164 Å². The van der Waals surface area contributed by atoms with Crippen molar-refractivity contribution in [2.24, 2.45) is 0 Å². The largest absolute Gasteiger partial charge is 0.455 e. The summed E-state index contributed by atoms with van der Waals surface area (Å²) in [5, 5.41) is 5.70. The number of rotatable bonds is 6. The molecule has 4 heterocycles. The fourth-order valence-electron chi connectivity index (χ4n) is 9.00. The van der Waals surface area contributed by atoms with Crippen LogP contribution in [0.25, 0.3) is 128 Å². The van der Waals surface area contributed by atoms with Crippen molar-refractivity contribution in [1.82, 2.24) is 19.5 Å². The van der Waals surface area contributed by atoms with E-state index in [1.807, 2.05) is 103 Å². The van der Waals surface area contributed by atoms with Crippen molar-refractivity contribution in [2.75, 3.05) is 0 Å². The fraction of sp³-hybridized carbons (Fsp3) is 0. The second-order valence-electron chi connectivity index (χ2n) is 15.6. The van der Waals surface area contributed by atoms with Gasteiger partial charge in [-0.15, -0.1) is 0 Å². The minimum Gasteiger partial charge on any atom is -0.455 e. The summed E-state index contributed by atoms with van der Waals surface area (Å²) in [4.78, 5) is 15.2. The molecule has 0 fully saturated rings. The molecule has 13 rings (SSSR count). The Balaban J connectivity index is 1.08. The van der Waals surface area contributed by atoms with Crippen LogP contribution in [-0.2, 0) is 0 Å². The normalized spacial score (nSPS) is 12.7. The Bertz CT molecular complexity index is 4080. The molecule has 0 bridgehead atoms. The molecule has 0 amide bonds. The average molecular weight is 811 g/mol.